The number of likely N-dealkylation sites (tertiary alicyclic amines) is 1. The van der Waals surface area contributed by atoms with Crippen LogP contribution in [-0.4, -0.2) is 41.1 Å². The van der Waals surface area contributed by atoms with Gasteiger partial charge in [0.15, 0.2) is 0 Å². The number of carbonyl (C=O) groups is 1. The van der Waals surface area contributed by atoms with Gasteiger partial charge in [0.25, 0.3) is 0 Å². The van der Waals surface area contributed by atoms with Crippen LogP contribution in [0.1, 0.15) is 18.5 Å². The summed E-state index contributed by atoms with van der Waals surface area (Å²) in [6, 6.07) is 22.5. The van der Waals surface area contributed by atoms with E-state index in [1.807, 2.05) is 36.4 Å². The zero-order valence-corrected chi connectivity index (χ0v) is 17.3. The highest BCUT2D eigenvalue weighted by Crippen LogP contribution is 2.36. The third-order valence-electron chi connectivity index (χ3n) is 6.42. The van der Waals surface area contributed by atoms with Gasteiger partial charge in [0, 0.05) is 30.9 Å². The van der Waals surface area contributed by atoms with Gasteiger partial charge in [-0.15, -0.1) is 0 Å². The predicted octanol–water partition coefficient (Wildman–Crippen LogP) is 3.82. The van der Waals surface area contributed by atoms with Crippen LogP contribution in [-0.2, 0) is 11.3 Å². The van der Waals surface area contributed by atoms with Crippen LogP contribution in [0.2, 0.25) is 0 Å². The van der Waals surface area contributed by atoms with E-state index in [0.29, 0.717) is 6.67 Å². The first-order valence-electron chi connectivity index (χ1n) is 10.7. The summed E-state index contributed by atoms with van der Waals surface area (Å²) in [5, 5.41) is 3.05. The van der Waals surface area contributed by atoms with Crippen LogP contribution in [0.25, 0.3) is 11.3 Å². The Bertz CT molecular complexity index is 1060. The van der Waals surface area contributed by atoms with Crippen molar-refractivity contribution >= 4 is 11.6 Å². The first-order chi connectivity index (χ1) is 15.1. The number of aromatic nitrogens is 1. The molecule has 5 nitrogen and oxygen atoms in total. The predicted molar refractivity (Wildman–Crippen MR) is 119 cm³/mol. The summed E-state index contributed by atoms with van der Waals surface area (Å²) in [4.78, 5) is 22.2. The normalized spacial score (nSPS) is 18.4. The number of nitrogens with zero attached hydrogens (tertiary/aromatic N) is 3. The van der Waals surface area contributed by atoms with E-state index >= 15 is 0 Å². The summed E-state index contributed by atoms with van der Waals surface area (Å²) >= 11 is 0. The van der Waals surface area contributed by atoms with Crippen molar-refractivity contribution < 1.29 is 9.18 Å². The molecule has 0 atom stereocenters. The largest absolute Gasteiger partial charge is 0.339 e. The Morgan fingerprint density at radius 3 is 2.42 bits per heavy atom. The molecular formula is C25H25FN4O. The van der Waals surface area contributed by atoms with E-state index in [4.69, 9.17) is 4.98 Å². The topological polar surface area (TPSA) is 48.5 Å². The molecule has 1 amide bonds. The molecule has 1 N–H and O–H groups in total. The molecule has 0 radical (unpaired) electrons. The van der Waals surface area contributed by atoms with E-state index in [-0.39, 0.29) is 11.7 Å². The number of piperidine rings is 1. The van der Waals surface area contributed by atoms with E-state index in [1.54, 1.807) is 12.1 Å². The fraction of sp³-hybridized carbons (Fsp3) is 0.280. The van der Waals surface area contributed by atoms with Gasteiger partial charge < -0.3 is 10.2 Å². The van der Waals surface area contributed by atoms with Gasteiger partial charge in [-0.1, -0.05) is 24.3 Å². The SMILES string of the molecule is O=C1NCN(c2ccccc2)C12CCN(Cc1cccc(-c3ccc(F)cc3)n1)CC2. The number of para-hydroxylation sites is 1. The number of nitrogens with one attached hydrogen (secondary N) is 1. The maximum atomic E-state index is 13.2. The molecule has 0 bridgehead atoms. The third-order valence-corrected chi connectivity index (χ3v) is 6.42. The Hall–Kier alpha value is -3.25. The van der Waals surface area contributed by atoms with Crippen LogP contribution in [0.4, 0.5) is 10.1 Å². The third kappa shape index (κ3) is 3.79. The molecule has 1 aromatic heterocycles. The van der Waals surface area contributed by atoms with Crippen LogP contribution >= 0.6 is 0 Å². The molecule has 2 saturated heterocycles. The molecule has 2 aromatic carbocycles. The van der Waals surface area contributed by atoms with Crippen LogP contribution in [0, 0.1) is 5.82 Å². The van der Waals surface area contributed by atoms with Crippen molar-refractivity contribution in [2.45, 2.75) is 24.9 Å². The second-order valence-corrected chi connectivity index (χ2v) is 8.26. The molecule has 0 unspecified atom stereocenters. The number of hydrogen-bond donors (Lipinski definition) is 1. The number of carbonyl (C=O) groups excluding carboxylic acids is 1. The summed E-state index contributed by atoms with van der Waals surface area (Å²) in [6.45, 7) is 2.96. The molecule has 1 spiro atoms. The number of halogens is 1. The molecule has 158 valence electrons. The van der Waals surface area contributed by atoms with Crippen molar-refractivity contribution in [3.05, 3.63) is 84.3 Å². The van der Waals surface area contributed by atoms with E-state index < -0.39 is 5.54 Å². The molecule has 2 fully saturated rings. The number of pyridine rings is 1. The number of rotatable bonds is 4. The van der Waals surface area contributed by atoms with E-state index in [9.17, 15) is 9.18 Å². The quantitative estimate of drug-likeness (QED) is 0.703. The monoisotopic (exact) mass is 416 g/mol. The van der Waals surface area contributed by atoms with Crippen LogP contribution < -0.4 is 10.2 Å². The van der Waals surface area contributed by atoms with Gasteiger partial charge in [0.1, 0.15) is 11.4 Å². The van der Waals surface area contributed by atoms with Crippen LogP contribution in [0.15, 0.2) is 72.8 Å². The van der Waals surface area contributed by atoms with E-state index in [0.717, 1.165) is 55.1 Å². The lowest BCUT2D eigenvalue weighted by molar-refractivity contribution is -0.125. The number of anilines is 1. The van der Waals surface area contributed by atoms with Gasteiger partial charge in [0.05, 0.1) is 18.1 Å². The summed E-state index contributed by atoms with van der Waals surface area (Å²) in [6.07, 6.45) is 1.57. The maximum absolute atomic E-state index is 13.2. The molecular weight excluding hydrogens is 391 g/mol. The standard InChI is InChI=1S/C25H25FN4O/c26-20-11-9-19(10-12-20)23-8-4-5-21(28-23)17-29-15-13-25(14-16-29)24(31)27-18-30(25)22-6-2-1-3-7-22/h1-12H,13-18H2,(H,27,31). The summed E-state index contributed by atoms with van der Waals surface area (Å²) in [5.74, 6) is -0.116. The van der Waals surface area contributed by atoms with E-state index in [2.05, 4.69) is 27.2 Å². The Balaban J connectivity index is 1.28. The molecule has 0 aliphatic carbocycles. The smallest absolute Gasteiger partial charge is 0.247 e. The van der Waals surface area contributed by atoms with Gasteiger partial charge in [-0.2, -0.15) is 0 Å². The van der Waals surface area contributed by atoms with Gasteiger partial charge in [-0.25, -0.2) is 4.39 Å². The van der Waals surface area contributed by atoms with Crippen molar-refractivity contribution in [3.63, 3.8) is 0 Å². The summed E-state index contributed by atoms with van der Waals surface area (Å²) < 4.78 is 13.2. The number of amides is 1. The van der Waals surface area contributed by atoms with Crippen molar-refractivity contribution in [2.24, 2.45) is 0 Å². The minimum absolute atomic E-state index is 0.132. The second kappa shape index (κ2) is 8.12. The summed E-state index contributed by atoms with van der Waals surface area (Å²) in [5.41, 5.74) is 3.34. The van der Waals surface area contributed by atoms with Crippen molar-refractivity contribution in [2.75, 3.05) is 24.7 Å². The molecule has 31 heavy (non-hydrogen) atoms. The molecule has 3 aromatic rings. The Labute approximate surface area is 181 Å². The van der Waals surface area contributed by atoms with Crippen LogP contribution in [0.5, 0.6) is 0 Å². The molecule has 2 aliphatic heterocycles. The Kier molecular flexibility index (Phi) is 5.16. The lowest BCUT2D eigenvalue weighted by Crippen LogP contribution is -2.56. The zero-order valence-electron chi connectivity index (χ0n) is 17.3. The molecule has 6 heteroatoms. The first-order valence-corrected chi connectivity index (χ1v) is 10.7. The fourth-order valence-electron chi connectivity index (χ4n) is 4.69. The highest BCUT2D eigenvalue weighted by Gasteiger charge is 2.50. The van der Waals surface area contributed by atoms with Gasteiger partial charge in [0.2, 0.25) is 5.91 Å². The highest BCUT2D eigenvalue weighted by molar-refractivity contribution is 5.93. The van der Waals surface area contributed by atoms with Gasteiger partial charge in [-0.3, -0.25) is 14.7 Å². The fourth-order valence-corrected chi connectivity index (χ4v) is 4.69. The molecule has 3 heterocycles. The van der Waals surface area contributed by atoms with Crippen LogP contribution in [0.3, 0.4) is 0 Å². The lowest BCUT2D eigenvalue weighted by atomic mass is 9.85. The number of hydrogen-bond acceptors (Lipinski definition) is 4. The summed E-state index contributed by atoms with van der Waals surface area (Å²) in [7, 11) is 0. The van der Waals surface area contributed by atoms with Gasteiger partial charge in [-0.05, 0) is 61.4 Å². The minimum atomic E-state index is -0.471. The van der Waals surface area contributed by atoms with Crippen molar-refractivity contribution in [3.8, 4) is 11.3 Å². The molecule has 0 saturated carbocycles. The first kappa shape index (κ1) is 19.7. The lowest BCUT2D eigenvalue weighted by Gasteiger charge is -2.43. The van der Waals surface area contributed by atoms with Crippen molar-refractivity contribution in [1.29, 1.82) is 0 Å². The van der Waals surface area contributed by atoms with Crippen molar-refractivity contribution in [1.82, 2.24) is 15.2 Å². The maximum Gasteiger partial charge on any atom is 0.247 e. The average Bonchev–Trinajstić information content (AvgIpc) is 3.12. The molecule has 2 aliphatic rings. The Morgan fingerprint density at radius 2 is 1.68 bits per heavy atom. The highest BCUT2D eigenvalue weighted by atomic mass is 19.1. The van der Waals surface area contributed by atoms with E-state index in [1.165, 1.54) is 12.1 Å². The van der Waals surface area contributed by atoms with Gasteiger partial charge >= 0.3 is 0 Å². The minimum Gasteiger partial charge on any atom is -0.339 e. The zero-order chi connectivity index (χ0) is 21.3. The molecule has 5 rings (SSSR count). The average molecular weight is 417 g/mol. The second-order valence-electron chi connectivity index (χ2n) is 8.26. The Morgan fingerprint density at radius 1 is 0.935 bits per heavy atom. The number of benzene rings is 2.